The summed E-state index contributed by atoms with van der Waals surface area (Å²) in [5, 5.41) is 27.1. The lowest BCUT2D eigenvalue weighted by Gasteiger charge is -2.26. The number of benzene rings is 1. The highest BCUT2D eigenvalue weighted by Crippen LogP contribution is 2.40. The summed E-state index contributed by atoms with van der Waals surface area (Å²) in [5.74, 6) is -0.0419. The van der Waals surface area contributed by atoms with Crippen LogP contribution in [0.1, 0.15) is 36.9 Å². The van der Waals surface area contributed by atoms with Crippen LogP contribution in [0.5, 0.6) is 5.75 Å². The molecule has 9 nitrogen and oxygen atoms in total. The summed E-state index contributed by atoms with van der Waals surface area (Å²) < 4.78 is 32.0. The highest BCUT2D eigenvalue weighted by atomic mass is 19.1. The fourth-order valence-corrected chi connectivity index (χ4v) is 4.95. The molecule has 3 aromatic heterocycles. The molecule has 0 saturated carbocycles. The minimum Gasteiger partial charge on any atom is -0.508 e. The summed E-state index contributed by atoms with van der Waals surface area (Å²) in [5.41, 5.74) is 2.28. The molecule has 4 aromatic rings. The van der Waals surface area contributed by atoms with Gasteiger partial charge in [0.05, 0.1) is 31.0 Å². The molecule has 2 saturated heterocycles. The van der Waals surface area contributed by atoms with Crippen molar-refractivity contribution >= 4 is 11.5 Å². The number of hydrogen-bond acceptors (Lipinski definition) is 7. The van der Waals surface area contributed by atoms with Gasteiger partial charge in [0.2, 0.25) is 0 Å². The minimum absolute atomic E-state index is 0.0660. The smallest absolute Gasteiger partial charge is 0.154 e. The van der Waals surface area contributed by atoms with Gasteiger partial charge in [-0.15, -0.1) is 10.2 Å². The monoisotopic (exact) mass is 466 g/mol. The van der Waals surface area contributed by atoms with E-state index in [0.29, 0.717) is 28.4 Å². The Bertz CT molecular complexity index is 1330. The van der Waals surface area contributed by atoms with E-state index in [-0.39, 0.29) is 24.8 Å². The molecule has 0 amide bonds. The number of aromatic hydroxyl groups is 1. The highest BCUT2D eigenvalue weighted by Gasteiger charge is 2.36. The lowest BCUT2D eigenvalue weighted by atomic mass is 10.0. The summed E-state index contributed by atoms with van der Waals surface area (Å²) >= 11 is 0. The lowest BCUT2D eigenvalue weighted by molar-refractivity contribution is 0.341. The van der Waals surface area contributed by atoms with Gasteiger partial charge in [-0.1, -0.05) is 5.21 Å². The Kier molecular flexibility index (Phi) is 5.13. The summed E-state index contributed by atoms with van der Waals surface area (Å²) in [6.07, 6.45) is 4.73. The number of piperidine rings is 1. The van der Waals surface area contributed by atoms with Crippen LogP contribution in [0.2, 0.25) is 0 Å². The van der Waals surface area contributed by atoms with Gasteiger partial charge in [0.15, 0.2) is 5.65 Å². The molecule has 2 fully saturated rings. The molecular weight excluding hydrogens is 442 g/mol. The quantitative estimate of drug-likeness (QED) is 0.477. The summed E-state index contributed by atoms with van der Waals surface area (Å²) in [7, 11) is 0. The fraction of sp³-hybridized carbons (Fsp3) is 0.391. The molecule has 6 rings (SSSR count). The van der Waals surface area contributed by atoms with E-state index >= 15 is 0 Å². The van der Waals surface area contributed by atoms with Gasteiger partial charge in [-0.25, -0.2) is 23.0 Å². The second-order valence-corrected chi connectivity index (χ2v) is 8.89. The third-order valence-electron chi connectivity index (χ3n) is 6.66. The van der Waals surface area contributed by atoms with E-state index in [0.717, 1.165) is 25.9 Å². The molecule has 176 valence electrons. The van der Waals surface area contributed by atoms with Gasteiger partial charge in [-0.05, 0) is 49.7 Å². The van der Waals surface area contributed by atoms with Crippen molar-refractivity contribution in [3.8, 4) is 17.1 Å². The molecule has 34 heavy (non-hydrogen) atoms. The molecule has 0 aliphatic carbocycles. The Morgan fingerprint density at radius 3 is 2.94 bits per heavy atom. The van der Waals surface area contributed by atoms with Gasteiger partial charge in [0.1, 0.15) is 34.9 Å². The van der Waals surface area contributed by atoms with Crippen molar-refractivity contribution in [2.45, 2.75) is 37.5 Å². The van der Waals surface area contributed by atoms with E-state index in [9.17, 15) is 13.9 Å². The van der Waals surface area contributed by atoms with Crippen molar-refractivity contribution in [2.75, 3.05) is 24.5 Å². The van der Waals surface area contributed by atoms with Crippen LogP contribution in [0.15, 0.2) is 42.7 Å². The van der Waals surface area contributed by atoms with Crippen LogP contribution in [-0.4, -0.2) is 60.5 Å². The van der Waals surface area contributed by atoms with E-state index in [2.05, 4.69) is 20.6 Å². The normalized spacial score (nSPS) is 23.1. The van der Waals surface area contributed by atoms with Gasteiger partial charge in [-0.2, -0.15) is 0 Å². The maximum Gasteiger partial charge on any atom is 0.154 e. The minimum atomic E-state index is -1.13. The second kappa shape index (κ2) is 8.32. The molecule has 0 unspecified atom stereocenters. The van der Waals surface area contributed by atoms with Gasteiger partial charge in [-0.3, -0.25) is 0 Å². The summed E-state index contributed by atoms with van der Waals surface area (Å²) in [4.78, 5) is 6.19. The summed E-state index contributed by atoms with van der Waals surface area (Å²) in [6.45, 7) is 1.96. The van der Waals surface area contributed by atoms with Gasteiger partial charge < -0.3 is 15.3 Å². The molecule has 11 heteroatoms. The first-order valence-electron chi connectivity index (χ1n) is 11.4. The van der Waals surface area contributed by atoms with E-state index in [1.165, 1.54) is 18.2 Å². The summed E-state index contributed by atoms with van der Waals surface area (Å²) in [6, 6.07) is 7.01. The van der Waals surface area contributed by atoms with E-state index in [1.54, 1.807) is 27.7 Å². The number of alkyl halides is 1. The molecule has 2 aliphatic rings. The van der Waals surface area contributed by atoms with Crippen LogP contribution in [0.4, 0.5) is 14.6 Å². The van der Waals surface area contributed by atoms with Crippen LogP contribution in [0, 0.1) is 5.82 Å². The van der Waals surface area contributed by atoms with Crippen molar-refractivity contribution < 1.29 is 13.9 Å². The maximum absolute atomic E-state index is 14.5. The first-order chi connectivity index (χ1) is 16.6. The molecule has 1 aromatic carbocycles. The third-order valence-corrected chi connectivity index (χ3v) is 6.66. The first kappa shape index (κ1) is 21.0. The number of nitrogens with one attached hydrogen (secondary N) is 1. The largest absolute Gasteiger partial charge is 0.508 e. The van der Waals surface area contributed by atoms with Gasteiger partial charge in [0, 0.05) is 18.5 Å². The van der Waals surface area contributed by atoms with Crippen molar-refractivity contribution in [1.29, 1.82) is 0 Å². The number of anilines is 1. The Balaban J connectivity index is 1.36. The Morgan fingerprint density at radius 1 is 1.18 bits per heavy atom. The third kappa shape index (κ3) is 3.65. The highest BCUT2D eigenvalue weighted by molar-refractivity contribution is 5.60. The molecule has 0 spiro atoms. The van der Waals surface area contributed by atoms with Crippen molar-refractivity contribution in [3.05, 3.63) is 54.1 Å². The number of halogens is 2. The van der Waals surface area contributed by atoms with Crippen LogP contribution in [0.3, 0.4) is 0 Å². The van der Waals surface area contributed by atoms with Crippen LogP contribution >= 0.6 is 0 Å². The molecule has 5 heterocycles. The average molecular weight is 466 g/mol. The van der Waals surface area contributed by atoms with E-state index in [1.807, 2.05) is 10.9 Å². The SMILES string of the molecule is Oc1ccc(F)cc1[C@H]1C[C@H](F)CN1c1ccc2ncc(-c3cn([C@@H]4CCCNC4)nn3)n2n1. The average Bonchev–Trinajstić information content (AvgIpc) is 3.58. The number of imidazole rings is 1. The zero-order valence-corrected chi connectivity index (χ0v) is 18.3. The van der Waals surface area contributed by atoms with Crippen molar-refractivity contribution in [3.63, 3.8) is 0 Å². The predicted octanol–water partition coefficient (Wildman–Crippen LogP) is 3.05. The number of aromatic nitrogens is 6. The zero-order chi connectivity index (χ0) is 23.2. The number of phenols is 1. The van der Waals surface area contributed by atoms with Crippen LogP contribution in [0.25, 0.3) is 17.0 Å². The Hall–Kier alpha value is -3.60. The fourth-order valence-electron chi connectivity index (χ4n) is 4.95. The van der Waals surface area contributed by atoms with Gasteiger partial charge in [0.25, 0.3) is 0 Å². The number of nitrogens with zero attached hydrogens (tertiary/aromatic N) is 7. The van der Waals surface area contributed by atoms with E-state index in [4.69, 9.17) is 5.10 Å². The zero-order valence-electron chi connectivity index (χ0n) is 18.3. The number of fused-ring (bicyclic) bond motifs is 1. The van der Waals surface area contributed by atoms with E-state index < -0.39 is 18.0 Å². The molecular formula is C23H24F2N8O. The first-order valence-corrected chi connectivity index (χ1v) is 11.4. The number of hydrogen-bond donors (Lipinski definition) is 2. The number of rotatable bonds is 4. The van der Waals surface area contributed by atoms with Crippen molar-refractivity contribution in [2.24, 2.45) is 0 Å². The standard InChI is InChI=1S/C23H24F2N8O/c24-14-3-4-21(34)17(8-14)19-9-15(25)12-31(19)23-6-5-22-27-11-20(33(22)29-23)18-13-32(30-28-18)16-2-1-7-26-10-16/h3-6,8,11,13,15-16,19,26,34H,1-2,7,9-10,12H2/t15-,16+,19+/m0/s1. The topological polar surface area (TPSA) is 96.4 Å². The number of phenolic OH excluding ortho intramolecular Hbond substituents is 1. The lowest BCUT2D eigenvalue weighted by Crippen LogP contribution is -2.31. The molecule has 2 N–H and O–H groups in total. The Labute approximate surface area is 194 Å². The predicted molar refractivity (Wildman–Crippen MR) is 121 cm³/mol. The Morgan fingerprint density at radius 2 is 2.09 bits per heavy atom. The molecule has 2 aliphatic heterocycles. The van der Waals surface area contributed by atoms with Crippen LogP contribution < -0.4 is 10.2 Å². The maximum atomic E-state index is 14.5. The molecule has 0 radical (unpaired) electrons. The second-order valence-electron chi connectivity index (χ2n) is 8.89. The van der Waals surface area contributed by atoms with Crippen LogP contribution in [-0.2, 0) is 0 Å². The van der Waals surface area contributed by atoms with Crippen molar-refractivity contribution in [1.82, 2.24) is 34.9 Å². The molecule has 3 atom stereocenters. The van der Waals surface area contributed by atoms with Gasteiger partial charge >= 0.3 is 0 Å². The molecule has 0 bridgehead atoms.